The number of imidazole rings is 1. The van der Waals surface area contributed by atoms with E-state index in [1.54, 1.807) is 32.4 Å². The van der Waals surface area contributed by atoms with Gasteiger partial charge in [0.1, 0.15) is 11.9 Å². The van der Waals surface area contributed by atoms with Crippen molar-refractivity contribution in [3.8, 4) is 11.5 Å². The molecule has 1 aromatic heterocycles. The van der Waals surface area contributed by atoms with Gasteiger partial charge in [0, 0.05) is 23.2 Å². The van der Waals surface area contributed by atoms with Gasteiger partial charge in [-0.25, -0.2) is 4.98 Å². The Bertz CT molecular complexity index is 1270. The van der Waals surface area contributed by atoms with Crippen molar-refractivity contribution < 1.29 is 14.3 Å². The van der Waals surface area contributed by atoms with Gasteiger partial charge in [-0.05, 0) is 48.9 Å². The Hall–Kier alpha value is -3.51. The fraction of sp³-hybridized carbons (Fsp3) is 0.200. The standard InChI is InChI=1S/C25H24ClN3O3/c1-16(25(30)27-19-11-12-22(31-2)23(15-19)32-3)29-21-10-5-4-9-20(21)28-24(29)14-17-7-6-8-18(26)13-17/h4-13,15-16H,14H2,1-3H3,(H,27,30)/t16-/m1/s1. The zero-order valence-electron chi connectivity index (χ0n) is 18.1. The SMILES string of the molecule is COc1ccc(NC(=O)[C@@H](C)n2c(Cc3cccc(Cl)c3)nc3ccccc32)cc1OC. The summed E-state index contributed by atoms with van der Waals surface area (Å²) in [5.74, 6) is 1.78. The number of nitrogens with zero attached hydrogens (tertiary/aromatic N) is 2. The van der Waals surface area contributed by atoms with Gasteiger partial charge in [-0.2, -0.15) is 0 Å². The summed E-state index contributed by atoms with van der Waals surface area (Å²) in [5.41, 5.74) is 3.40. The van der Waals surface area contributed by atoms with E-state index in [-0.39, 0.29) is 5.91 Å². The third-order valence-corrected chi connectivity index (χ3v) is 5.57. The average molecular weight is 450 g/mol. The van der Waals surface area contributed by atoms with E-state index in [1.165, 1.54) is 0 Å². The predicted molar refractivity (Wildman–Crippen MR) is 127 cm³/mol. The Balaban J connectivity index is 1.66. The van der Waals surface area contributed by atoms with Crippen LogP contribution in [0, 0.1) is 0 Å². The summed E-state index contributed by atoms with van der Waals surface area (Å²) in [6.07, 6.45) is 0.559. The maximum absolute atomic E-state index is 13.2. The molecule has 6 nitrogen and oxygen atoms in total. The Morgan fingerprint density at radius 1 is 1.03 bits per heavy atom. The molecule has 0 aliphatic rings. The number of para-hydroxylation sites is 2. The normalized spacial score (nSPS) is 11.9. The quantitative estimate of drug-likeness (QED) is 0.404. The summed E-state index contributed by atoms with van der Waals surface area (Å²) in [5, 5.41) is 3.65. The highest BCUT2D eigenvalue weighted by Crippen LogP contribution is 2.30. The van der Waals surface area contributed by atoms with Gasteiger partial charge < -0.3 is 19.4 Å². The summed E-state index contributed by atoms with van der Waals surface area (Å²) in [6, 6.07) is 20.3. The molecule has 3 aromatic carbocycles. The van der Waals surface area contributed by atoms with Crippen LogP contribution in [-0.2, 0) is 11.2 Å². The number of hydrogen-bond donors (Lipinski definition) is 1. The summed E-state index contributed by atoms with van der Waals surface area (Å²) in [4.78, 5) is 18.0. The fourth-order valence-electron chi connectivity index (χ4n) is 3.76. The topological polar surface area (TPSA) is 65.4 Å². The van der Waals surface area contributed by atoms with Crippen LogP contribution in [0.25, 0.3) is 11.0 Å². The fourth-order valence-corrected chi connectivity index (χ4v) is 3.97. The zero-order chi connectivity index (χ0) is 22.7. The molecule has 0 saturated carbocycles. The molecule has 1 N–H and O–H groups in total. The van der Waals surface area contributed by atoms with Crippen molar-refractivity contribution in [2.75, 3.05) is 19.5 Å². The first-order valence-corrected chi connectivity index (χ1v) is 10.6. The molecule has 0 unspecified atom stereocenters. The molecule has 1 heterocycles. The number of nitrogens with one attached hydrogen (secondary N) is 1. The van der Waals surface area contributed by atoms with Gasteiger partial charge in [0.15, 0.2) is 11.5 Å². The molecule has 32 heavy (non-hydrogen) atoms. The number of aromatic nitrogens is 2. The lowest BCUT2D eigenvalue weighted by Crippen LogP contribution is -2.25. The molecule has 7 heteroatoms. The summed E-state index contributed by atoms with van der Waals surface area (Å²) in [6.45, 7) is 1.87. The lowest BCUT2D eigenvalue weighted by molar-refractivity contribution is -0.118. The van der Waals surface area contributed by atoms with Crippen molar-refractivity contribution in [1.82, 2.24) is 9.55 Å². The van der Waals surface area contributed by atoms with E-state index >= 15 is 0 Å². The lowest BCUT2D eigenvalue weighted by Gasteiger charge is -2.18. The number of anilines is 1. The number of carbonyl (C=O) groups is 1. The molecule has 4 rings (SSSR count). The highest BCUT2D eigenvalue weighted by atomic mass is 35.5. The molecule has 0 radical (unpaired) electrons. The number of rotatable bonds is 7. The number of benzene rings is 3. The second kappa shape index (κ2) is 9.32. The van der Waals surface area contributed by atoms with Crippen molar-refractivity contribution in [3.63, 3.8) is 0 Å². The summed E-state index contributed by atoms with van der Waals surface area (Å²) in [7, 11) is 3.13. The minimum absolute atomic E-state index is 0.160. The van der Waals surface area contributed by atoms with Gasteiger partial charge in [0.2, 0.25) is 5.91 Å². The Morgan fingerprint density at radius 2 is 1.81 bits per heavy atom. The van der Waals surface area contributed by atoms with Gasteiger partial charge in [0.25, 0.3) is 0 Å². The molecule has 0 aliphatic heterocycles. The number of fused-ring (bicyclic) bond motifs is 1. The highest BCUT2D eigenvalue weighted by molar-refractivity contribution is 6.30. The van der Waals surface area contributed by atoms with Gasteiger partial charge in [-0.15, -0.1) is 0 Å². The van der Waals surface area contributed by atoms with E-state index in [9.17, 15) is 4.79 Å². The number of carbonyl (C=O) groups excluding carboxylic acids is 1. The van der Waals surface area contributed by atoms with E-state index < -0.39 is 6.04 Å². The van der Waals surface area contributed by atoms with E-state index in [0.29, 0.717) is 28.6 Å². The van der Waals surface area contributed by atoms with Crippen LogP contribution in [0.1, 0.15) is 24.4 Å². The van der Waals surface area contributed by atoms with Crippen LogP contribution in [0.5, 0.6) is 11.5 Å². The average Bonchev–Trinajstić information content (AvgIpc) is 3.16. The molecular formula is C25H24ClN3O3. The molecular weight excluding hydrogens is 426 g/mol. The molecule has 0 bridgehead atoms. The summed E-state index contributed by atoms with van der Waals surface area (Å²) < 4.78 is 12.6. The van der Waals surface area contributed by atoms with Crippen molar-refractivity contribution >= 4 is 34.2 Å². The molecule has 164 valence electrons. The van der Waals surface area contributed by atoms with Crippen LogP contribution in [0.3, 0.4) is 0 Å². The Morgan fingerprint density at radius 3 is 2.56 bits per heavy atom. The first kappa shape index (κ1) is 21.7. The second-order valence-corrected chi connectivity index (χ2v) is 7.86. The number of methoxy groups -OCH3 is 2. The number of hydrogen-bond acceptors (Lipinski definition) is 4. The predicted octanol–water partition coefficient (Wildman–Crippen LogP) is 5.50. The van der Waals surface area contributed by atoms with Crippen LogP contribution in [0.15, 0.2) is 66.7 Å². The minimum atomic E-state index is -0.496. The van der Waals surface area contributed by atoms with Crippen LogP contribution in [-0.4, -0.2) is 29.7 Å². The second-order valence-electron chi connectivity index (χ2n) is 7.43. The van der Waals surface area contributed by atoms with E-state index in [0.717, 1.165) is 22.4 Å². The van der Waals surface area contributed by atoms with Crippen LogP contribution in [0.2, 0.25) is 5.02 Å². The van der Waals surface area contributed by atoms with Crippen molar-refractivity contribution in [2.24, 2.45) is 0 Å². The first-order valence-electron chi connectivity index (χ1n) is 10.2. The largest absolute Gasteiger partial charge is 0.493 e. The molecule has 0 aliphatic carbocycles. The lowest BCUT2D eigenvalue weighted by atomic mass is 10.1. The molecule has 1 atom stereocenters. The maximum Gasteiger partial charge on any atom is 0.247 e. The number of amides is 1. The third kappa shape index (κ3) is 4.41. The highest BCUT2D eigenvalue weighted by Gasteiger charge is 2.22. The monoisotopic (exact) mass is 449 g/mol. The smallest absolute Gasteiger partial charge is 0.247 e. The van der Waals surface area contributed by atoms with E-state index in [1.807, 2.05) is 60.0 Å². The third-order valence-electron chi connectivity index (χ3n) is 5.34. The van der Waals surface area contributed by atoms with Gasteiger partial charge in [0.05, 0.1) is 25.3 Å². The van der Waals surface area contributed by atoms with Gasteiger partial charge >= 0.3 is 0 Å². The number of ether oxygens (including phenoxy) is 2. The molecule has 0 fully saturated rings. The number of halogens is 1. The van der Waals surface area contributed by atoms with E-state index in [4.69, 9.17) is 26.1 Å². The van der Waals surface area contributed by atoms with Crippen molar-refractivity contribution in [2.45, 2.75) is 19.4 Å². The van der Waals surface area contributed by atoms with Gasteiger partial charge in [-0.3, -0.25) is 4.79 Å². The van der Waals surface area contributed by atoms with Crippen molar-refractivity contribution in [1.29, 1.82) is 0 Å². The molecule has 0 saturated heterocycles. The zero-order valence-corrected chi connectivity index (χ0v) is 18.9. The van der Waals surface area contributed by atoms with Crippen LogP contribution in [0.4, 0.5) is 5.69 Å². The minimum Gasteiger partial charge on any atom is -0.493 e. The van der Waals surface area contributed by atoms with Crippen LogP contribution < -0.4 is 14.8 Å². The molecule has 1 amide bonds. The van der Waals surface area contributed by atoms with Crippen molar-refractivity contribution in [3.05, 3.63) is 83.1 Å². The van der Waals surface area contributed by atoms with Gasteiger partial charge in [-0.1, -0.05) is 35.9 Å². The van der Waals surface area contributed by atoms with E-state index in [2.05, 4.69) is 5.32 Å². The maximum atomic E-state index is 13.2. The Labute approximate surface area is 191 Å². The Kier molecular flexibility index (Phi) is 6.32. The first-order chi connectivity index (χ1) is 15.5. The molecule has 0 spiro atoms. The van der Waals surface area contributed by atoms with Crippen LogP contribution >= 0.6 is 11.6 Å². The summed E-state index contributed by atoms with van der Waals surface area (Å²) >= 11 is 6.17. The molecule has 4 aromatic rings.